The van der Waals surface area contributed by atoms with E-state index in [0.29, 0.717) is 16.4 Å². The second kappa shape index (κ2) is 9.53. The van der Waals surface area contributed by atoms with Crippen molar-refractivity contribution in [2.45, 2.75) is 18.6 Å². The van der Waals surface area contributed by atoms with Gasteiger partial charge in [0, 0.05) is 13.5 Å². The Morgan fingerprint density at radius 3 is 2.60 bits per heavy atom. The first kappa shape index (κ1) is 21.5. The van der Waals surface area contributed by atoms with E-state index in [1.54, 1.807) is 44.3 Å². The van der Waals surface area contributed by atoms with Gasteiger partial charge in [0.1, 0.15) is 11.1 Å². The number of amides is 2. The van der Waals surface area contributed by atoms with E-state index < -0.39 is 22.9 Å². The standard InChI is InChI=1S/C21H20FN3O4S/c1-3-29-20(28)13-8-10-14(11-9-13)23-21-25(2)18(26)12-17(30-21)19(27)24-16-7-5-4-6-15(16)22/h4-11,17H,3,12H2,1-2H3,(H,24,27). The number of esters is 1. The molecule has 1 atom stereocenters. The van der Waals surface area contributed by atoms with Crippen LogP contribution in [0.3, 0.4) is 0 Å². The number of thioether (sulfide) groups is 1. The van der Waals surface area contributed by atoms with Gasteiger partial charge in [-0.15, -0.1) is 0 Å². The number of hydrogen-bond acceptors (Lipinski definition) is 6. The fraction of sp³-hybridized carbons (Fsp3) is 0.238. The van der Waals surface area contributed by atoms with E-state index in [1.807, 2.05) is 0 Å². The Hall–Kier alpha value is -3.20. The number of carbonyl (C=O) groups is 3. The quantitative estimate of drug-likeness (QED) is 0.734. The summed E-state index contributed by atoms with van der Waals surface area (Å²) in [5.41, 5.74) is 0.964. The molecule has 7 nitrogen and oxygen atoms in total. The van der Waals surface area contributed by atoms with Crippen molar-refractivity contribution in [1.29, 1.82) is 0 Å². The minimum atomic E-state index is -0.745. The second-order valence-electron chi connectivity index (χ2n) is 6.39. The Bertz CT molecular complexity index is 994. The summed E-state index contributed by atoms with van der Waals surface area (Å²) < 4.78 is 18.7. The van der Waals surface area contributed by atoms with Crippen molar-refractivity contribution >= 4 is 46.1 Å². The predicted octanol–water partition coefficient (Wildman–Crippen LogP) is 3.59. The number of para-hydroxylation sites is 1. The van der Waals surface area contributed by atoms with Crippen molar-refractivity contribution in [2.24, 2.45) is 4.99 Å². The third kappa shape index (κ3) is 5.04. The third-order valence-corrected chi connectivity index (χ3v) is 5.54. The number of aliphatic imine (C=N–C) groups is 1. The van der Waals surface area contributed by atoms with E-state index in [1.165, 1.54) is 23.1 Å². The number of benzene rings is 2. The highest BCUT2D eigenvalue weighted by atomic mass is 32.2. The summed E-state index contributed by atoms with van der Waals surface area (Å²) in [6.07, 6.45) is -0.0255. The summed E-state index contributed by atoms with van der Waals surface area (Å²) >= 11 is 1.12. The van der Waals surface area contributed by atoms with E-state index in [4.69, 9.17) is 4.74 Å². The van der Waals surface area contributed by atoms with Crippen LogP contribution in [0.4, 0.5) is 15.8 Å². The number of amidine groups is 1. The average molecular weight is 429 g/mol. The normalized spacial score (nSPS) is 17.7. The van der Waals surface area contributed by atoms with E-state index in [2.05, 4.69) is 10.3 Å². The molecule has 1 aliphatic heterocycles. The van der Waals surface area contributed by atoms with E-state index in [0.717, 1.165) is 11.8 Å². The monoisotopic (exact) mass is 429 g/mol. The van der Waals surface area contributed by atoms with Crippen LogP contribution in [0.2, 0.25) is 0 Å². The van der Waals surface area contributed by atoms with Crippen molar-refractivity contribution in [3.05, 3.63) is 59.9 Å². The molecule has 1 heterocycles. The molecule has 1 fully saturated rings. The lowest BCUT2D eigenvalue weighted by Crippen LogP contribution is -2.43. The van der Waals surface area contributed by atoms with Crippen molar-refractivity contribution in [2.75, 3.05) is 19.0 Å². The molecule has 9 heteroatoms. The van der Waals surface area contributed by atoms with Crippen LogP contribution in [0.15, 0.2) is 53.5 Å². The topological polar surface area (TPSA) is 88.1 Å². The lowest BCUT2D eigenvalue weighted by molar-refractivity contribution is -0.128. The minimum Gasteiger partial charge on any atom is -0.462 e. The molecule has 0 aromatic heterocycles. The number of nitrogens with zero attached hydrogens (tertiary/aromatic N) is 2. The van der Waals surface area contributed by atoms with Crippen LogP contribution in [-0.2, 0) is 14.3 Å². The molecule has 0 aliphatic carbocycles. The van der Waals surface area contributed by atoms with E-state index >= 15 is 0 Å². The van der Waals surface area contributed by atoms with Gasteiger partial charge in [0.05, 0.1) is 23.5 Å². The molecular formula is C21H20FN3O4S. The van der Waals surface area contributed by atoms with Crippen LogP contribution in [0.25, 0.3) is 0 Å². The molecule has 0 saturated carbocycles. The molecule has 0 spiro atoms. The lowest BCUT2D eigenvalue weighted by Gasteiger charge is -2.28. The summed E-state index contributed by atoms with van der Waals surface area (Å²) in [5.74, 6) is -1.73. The van der Waals surface area contributed by atoms with Gasteiger partial charge in [-0.3, -0.25) is 14.5 Å². The zero-order valence-corrected chi connectivity index (χ0v) is 17.2. The Morgan fingerprint density at radius 1 is 1.23 bits per heavy atom. The maximum atomic E-state index is 13.8. The van der Waals surface area contributed by atoms with Crippen molar-refractivity contribution in [3.63, 3.8) is 0 Å². The molecule has 1 unspecified atom stereocenters. The van der Waals surface area contributed by atoms with Crippen LogP contribution < -0.4 is 5.32 Å². The molecule has 2 aromatic rings. The van der Waals surface area contributed by atoms with Crippen LogP contribution in [0.1, 0.15) is 23.7 Å². The molecule has 2 amide bonds. The first-order valence-corrected chi connectivity index (χ1v) is 10.1. The van der Waals surface area contributed by atoms with Crippen molar-refractivity contribution in [3.8, 4) is 0 Å². The minimum absolute atomic E-state index is 0.0255. The molecule has 0 bridgehead atoms. The van der Waals surface area contributed by atoms with E-state index in [9.17, 15) is 18.8 Å². The molecule has 3 rings (SSSR count). The van der Waals surface area contributed by atoms with Crippen LogP contribution in [0, 0.1) is 5.82 Å². The second-order valence-corrected chi connectivity index (χ2v) is 7.56. The molecule has 30 heavy (non-hydrogen) atoms. The zero-order chi connectivity index (χ0) is 21.7. The molecule has 1 N–H and O–H groups in total. The van der Waals surface area contributed by atoms with Crippen LogP contribution in [0.5, 0.6) is 0 Å². The zero-order valence-electron chi connectivity index (χ0n) is 16.4. The highest BCUT2D eigenvalue weighted by molar-refractivity contribution is 8.15. The van der Waals surface area contributed by atoms with Gasteiger partial charge < -0.3 is 10.1 Å². The Balaban J connectivity index is 1.76. The predicted molar refractivity (Wildman–Crippen MR) is 113 cm³/mol. The SMILES string of the molecule is CCOC(=O)c1ccc(N=C2SC(C(=O)Nc3ccccc3F)CC(=O)N2C)cc1. The van der Waals surface area contributed by atoms with Crippen LogP contribution in [-0.4, -0.2) is 46.8 Å². The van der Waals surface area contributed by atoms with Gasteiger partial charge in [-0.05, 0) is 43.3 Å². The number of rotatable bonds is 5. The molecular weight excluding hydrogens is 409 g/mol. The third-order valence-electron chi connectivity index (χ3n) is 4.30. The summed E-state index contributed by atoms with van der Waals surface area (Å²) in [7, 11) is 1.58. The highest BCUT2D eigenvalue weighted by Gasteiger charge is 2.34. The molecule has 1 saturated heterocycles. The maximum absolute atomic E-state index is 13.8. The molecule has 0 radical (unpaired) electrons. The Morgan fingerprint density at radius 2 is 1.93 bits per heavy atom. The largest absolute Gasteiger partial charge is 0.462 e. The van der Waals surface area contributed by atoms with Gasteiger partial charge in [0.25, 0.3) is 0 Å². The highest BCUT2D eigenvalue weighted by Crippen LogP contribution is 2.29. The number of carbonyl (C=O) groups excluding carboxylic acids is 3. The summed E-state index contributed by atoms with van der Waals surface area (Å²) in [6.45, 7) is 2.01. The molecule has 1 aliphatic rings. The molecule has 156 valence electrons. The smallest absolute Gasteiger partial charge is 0.338 e. The van der Waals surface area contributed by atoms with Gasteiger partial charge >= 0.3 is 5.97 Å². The van der Waals surface area contributed by atoms with Gasteiger partial charge in [0.15, 0.2) is 5.17 Å². The first-order chi connectivity index (χ1) is 14.4. The average Bonchev–Trinajstić information content (AvgIpc) is 2.73. The van der Waals surface area contributed by atoms with E-state index in [-0.39, 0.29) is 24.6 Å². The van der Waals surface area contributed by atoms with Gasteiger partial charge in [-0.1, -0.05) is 23.9 Å². The summed E-state index contributed by atoms with van der Waals surface area (Å²) in [6, 6.07) is 12.2. The number of anilines is 1. The van der Waals surface area contributed by atoms with Crippen molar-refractivity contribution < 1.29 is 23.5 Å². The molecule has 2 aromatic carbocycles. The number of hydrogen-bond donors (Lipinski definition) is 1. The fourth-order valence-electron chi connectivity index (χ4n) is 2.67. The van der Waals surface area contributed by atoms with Crippen molar-refractivity contribution in [1.82, 2.24) is 4.90 Å². The van der Waals surface area contributed by atoms with Gasteiger partial charge in [0.2, 0.25) is 11.8 Å². The number of halogens is 1. The Labute approximate surface area is 177 Å². The maximum Gasteiger partial charge on any atom is 0.338 e. The number of nitrogens with one attached hydrogen (secondary N) is 1. The Kier molecular flexibility index (Phi) is 6.83. The van der Waals surface area contributed by atoms with Gasteiger partial charge in [-0.25, -0.2) is 14.2 Å². The van der Waals surface area contributed by atoms with Gasteiger partial charge in [-0.2, -0.15) is 0 Å². The number of ether oxygens (including phenoxy) is 1. The lowest BCUT2D eigenvalue weighted by atomic mass is 10.2. The van der Waals surface area contributed by atoms with Crippen LogP contribution >= 0.6 is 11.8 Å². The first-order valence-electron chi connectivity index (χ1n) is 9.23. The fourth-order valence-corrected chi connectivity index (χ4v) is 3.73. The summed E-state index contributed by atoms with van der Waals surface area (Å²) in [5, 5.41) is 2.11. The summed E-state index contributed by atoms with van der Waals surface area (Å²) in [4.78, 5) is 42.5.